The maximum atomic E-state index is 11.8. The fourth-order valence-corrected chi connectivity index (χ4v) is 2.93. The molecule has 19 heavy (non-hydrogen) atoms. The van der Waals surface area contributed by atoms with Gasteiger partial charge < -0.3 is 10.6 Å². The molecule has 0 saturated carbocycles. The number of carbonyl (C=O) groups is 1. The first-order valence-electron chi connectivity index (χ1n) is 5.69. The lowest BCUT2D eigenvalue weighted by Crippen LogP contribution is -2.28. The van der Waals surface area contributed by atoms with E-state index in [1.165, 1.54) is 0 Å². The van der Waals surface area contributed by atoms with Crippen molar-refractivity contribution >= 4 is 50.2 Å². The van der Waals surface area contributed by atoms with Crippen molar-refractivity contribution in [1.29, 1.82) is 0 Å². The molecule has 0 heterocycles. The Bertz CT molecular complexity index is 575. The van der Waals surface area contributed by atoms with E-state index in [9.17, 15) is 4.79 Å². The SMILES string of the molecule is O=C(NCc1ccccc1)Nc1ccc(I)cc1Br. The second-order valence-corrected chi connectivity index (χ2v) is 6.02. The molecule has 0 bridgehead atoms. The van der Waals surface area contributed by atoms with Crippen molar-refractivity contribution < 1.29 is 4.79 Å². The molecule has 0 fully saturated rings. The molecule has 2 N–H and O–H groups in total. The summed E-state index contributed by atoms with van der Waals surface area (Å²) in [5.74, 6) is 0. The predicted molar refractivity (Wildman–Crippen MR) is 89.2 cm³/mol. The van der Waals surface area contributed by atoms with Crippen LogP contribution in [0.5, 0.6) is 0 Å². The highest BCUT2D eigenvalue weighted by Crippen LogP contribution is 2.24. The van der Waals surface area contributed by atoms with Crippen molar-refractivity contribution in [3.05, 3.63) is 62.1 Å². The lowest BCUT2D eigenvalue weighted by atomic mass is 10.2. The maximum absolute atomic E-state index is 11.8. The highest BCUT2D eigenvalue weighted by molar-refractivity contribution is 14.1. The topological polar surface area (TPSA) is 41.1 Å². The van der Waals surface area contributed by atoms with Gasteiger partial charge in [-0.1, -0.05) is 30.3 Å². The summed E-state index contributed by atoms with van der Waals surface area (Å²) in [6.07, 6.45) is 0. The minimum atomic E-state index is -0.217. The van der Waals surface area contributed by atoms with Gasteiger partial charge in [-0.2, -0.15) is 0 Å². The third-order valence-corrected chi connectivity index (χ3v) is 3.80. The van der Waals surface area contributed by atoms with Crippen LogP contribution in [0.25, 0.3) is 0 Å². The number of urea groups is 1. The fourth-order valence-electron chi connectivity index (χ4n) is 1.54. The molecule has 5 heteroatoms. The Morgan fingerprint density at radius 2 is 1.89 bits per heavy atom. The number of nitrogens with one attached hydrogen (secondary N) is 2. The number of hydrogen-bond acceptors (Lipinski definition) is 1. The average Bonchev–Trinajstić information content (AvgIpc) is 2.41. The summed E-state index contributed by atoms with van der Waals surface area (Å²) in [6.45, 7) is 0.509. The molecule has 2 rings (SSSR count). The standard InChI is InChI=1S/C14H12BrIN2O/c15-12-8-11(16)6-7-13(12)18-14(19)17-9-10-4-2-1-3-5-10/h1-8H,9H2,(H2,17,18,19). The molecular weight excluding hydrogens is 419 g/mol. The predicted octanol–water partition coefficient (Wildman–Crippen LogP) is 4.38. The van der Waals surface area contributed by atoms with Crippen molar-refractivity contribution in [3.63, 3.8) is 0 Å². The van der Waals surface area contributed by atoms with Crippen LogP contribution in [-0.4, -0.2) is 6.03 Å². The number of amides is 2. The summed E-state index contributed by atoms with van der Waals surface area (Å²) in [4.78, 5) is 11.8. The largest absolute Gasteiger partial charge is 0.334 e. The first-order valence-corrected chi connectivity index (χ1v) is 7.56. The van der Waals surface area contributed by atoms with Crippen LogP contribution in [0.4, 0.5) is 10.5 Å². The molecule has 0 radical (unpaired) electrons. The third-order valence-electron chi connectivity index (χ3n) is 2.48. The Labute approximate surface area is 134 Å². The highest BCUT2D eigenvalue weighted by atomic mass is 127. The quantitative estimate of drug-likeness (QED) is 0.697. The Balaban J connectivity index is 1.91. The summed E-state index contributed by atoms with van der Waals surface area (Å²) in [7, 11) is 0. The number of halogens is 2. The van der Waals surface area contributed by atoms with Crippen LogP contribution in [0.2, 0.25) is 0 Å². The van der Waals surface area contributed by atoms with E-state index < -0.39 is 0 Å². The zero-order valence-electron chi connectivity index (χ0n) is 9.99. The van der Waals surface area contributed by atoms with E-state index >= 15 is 0 Å². The highest BCUT2D eigenvalue weighted by Gasteiger charge is 2.05. The Morgan fingerprint density at radius 1 is 1.16 bits per heavy atom. The van der Waals surface area contributed by atoms with Crippen molar-refractivity contribution in [3.8, 4) is 0 Å². The molecule has 2 amide bonds. The van der Waals surface area contributed by atoms with Gasteiger partial charge in [0.15, 0.2) is 0 Å². The summed E-state index contributed by atoms with van der Waals surface area (Å²) >= 11 is 5.65. The third kappa shape index (κ3) is 4.50. The van der Waals surface area contributed by atoms with Gasteiger partial charge in [-0.15, -0.1) is 0 Å². The number of rotatable bonds is 3. The van der Waals surface area contributed by atoms with Gasteiger partial charge in [0.05, 0.1) is 5.69 Å². The maximum Gasteiger partial charge on any atom is 0.319 e. The fraction of sp³-hybridized carbons (Fsp3) is 0.0714. The van der Waals surface area contributed by atoms with Gasteiger partial charge in [-0.3, -0.25) is 0 Å². The van der Waals surface area contributed by atoms with Crippen molar-refractivity contribution in [2.45, 2.75) is 6.54 Å². The summed E-state index contributed by atoms with van der Waals surface area (Å²) < 4.78 is 1.98. The number of carbonyl (C=O) groups excluding carboxylic acids is 1. The van der Waals surface area contributed by atoms with Crippen LogP contribution in [0.1, 0.15) is 5.56 Å². The molecule has 98 valence electrons. The van der Waals surface area contributed by atoms with Crippen LogP contribution >= 0.6 is 38.5 Å². The summed E-state index contributed by atoms with van der Waals surface area (Å²) in [6, 6.07) is 15.3. The Hall–Kier alpha value is -1.08. The average molecular weight is 431 g/mol. The van der Waals surface area contributed by atoms with E-state index in [4.69, 9.17) is 0 Å². The van der Waals surface area contributed by atoms with Crippen LogP contribution in [0.15, 0.2) is 53.0 Å². The number of hydrogen-bond donors (Lipinski definition) is 2. The minimum absolute atomic E-state index is 0.217. The van der Waals surface area contributed by atoms with Gasteiger partial charge in [0, 0.05) is 14.6 Å². The molecule has 0 aromatic heterocycles. The zero-order valence-corrected chi connectivity index (χ0v) is 13.7. The molecular formula is C14H12BrIN2O. The normalized spacial score (nSPS) is 10.0. The second-order valence-electron chi connectivity index (χ2n) is 3.92. The molecule has 0 aliphatic rings. The van der Waals surface area contributed by atoms with Crippen molar-refractivity contribution in [2.24, 2.45) is 0 Å². The first-order chi connectivity index (χ1) is 9.15. The molecule has 3 nitrogen and oxygen atoms in total. The van der Waals surface area contributed by atoms with Crippen LogP contribution < -0.4 is 10.6 Å². The van der Waals surface area contributed by atoms with Gasteiger partial charge in [0.25, 0.3) is 0 Å². The van der Waals surface area contributed by atoms with Gasteiger partial charge in [0.2, 0.25) is 0 Å². The Kier molecular flexibility index (Phi) is 5.21. The van der Waals surface area contributed by atoms with E-state index in [1.54, 1.807) is 0 Å². The smallest absolute Gasteiger partial charge is 0.319 e. The molecule has 0 aliphatic carbocycles. The van der Waals surface area contributed by atoms with Crippen LogP contribution in [0.3, 0.4) is 0 Å². The number of anilines is 1. The minimum Gasteiger partial charge on any atom is -0.334 e. The van der Waals surface area contributed by atoms with E-state index in [0.717, 1.165) is 19.3 Å². The molecule has 0 saturated heterocycles. The van der Waals surface area contributed by atoms with E-state index in [2.05, 4.69) is 49.2 Å². The molecule has 0 spiro atoms. The van der Waals surface area contributed by atoms with E-state index in [0.29, 0.717) is 6.54 Å². The Morgan fingerprint density at radius 3 is 2.58 bits per heavy atom. The lowest BCUT2D eigenvalue weighted by Gasteiger charge is -2.09. The molecule has 2 aromatic carbocycles. The van der Waals surface area contributed by atoms with Gasteiger partial charge in [-0.05, 0) is 62.3 Å². The van der Waals surface area contributed by atoms with Crippen LogP contribution in [-0.2, 0) is 6.54 Å². The first kappa shape index (κ1) is 14.3. The van der Waals surface area contributed by atoms with Crippen molar-refractivity contribution in [1.82, 2.24) is 5.32 Å². The summed E-state index contributed by atoms with van der Waals surface area (Å²) in [5, 5.41) is 5.62. The van der Waals surface area contributed by atoms with Crippen molar-refractivity contribution in [2.75, 3.05) is 5.32 Å². The molecule has 0 aliphatic heterocycles. The lowest BCUT2D eigenvalue weighted by molar-refractivity contribution is 0.251. The van der Waals surface area contributed by atoms with Gasteiger partial charge in [-0.25, -0.2) is 4.79 Å². The zero-order chi connectivity index (χ0) is 13.7. The van der Waals surface area contributed by atoms with Gasteiger partial charge >= 0.3 is 6.03 Å². The molecule has 2 aromatic rings. The molecule has 0 atom stereocenters. The number of benzene rings is 2. The monoisotopic (exact) mass is 430 g/mol. The second kappa shape index (κ2) is 6.91. The summed E-state index contributed by atoms with van der Waals surface area (Å²) in [5.41, 5.74) is 1.82. The van der Waals surface area contributed by atoms with E-state index in [-0.39, 0.29) is 6.03 Å². The van der Waals surface area contributed by atoms with Crippen LogP contribution in [0, 0.1) is 3.57 Å². The molecule has 0 unspecified atom stereocenters. The van der Waals surface area contributed by atoms with Gasteiger partial charge in [0.1, 0.15) is 0 Å². The van der Waals surface area contributed by atoms with E-state index in [1.807, 2.05) is 48.5 Å².